The van der Waals surface area contributed by atoms with Gasteiger partial charge in [0.05, 0.1) is 26.4 Å². The van der Waals surface area contributed by atoms with Crippen LogP contribution in [0, 0.1) is 0 Å². The standard InChI is InChI=1S/C4H8O2.C4H6O2/c1-2-6-4-3-5-1;5-3-1-2-4-6/h1-4H2;3-4H,1-2H2. The fourth-order valence-corrected chi connectivity index (χ4v) is 0.576. The van der Waals surface area contributed by atoms with Gasteiger partial charge in [0.2, 0.25) is 0 Å². The Morgan fingerprint density at radius 3 is 1.33 bits per heavy atom. The molecule has 0 unspecified atom stereocenters. The van der Waals surface area contributed by atoms with Gasteiger partial charge in [0, 0.05) is 12.8 Å². The molecule has 0 saturated carbocycles. The fraction of sp³-hybridized carbons (Fsp3) is 0.750. The van der Waals surface area contributed by atoms with Gasteiger partial charge in [-0.05, 0) is 0 Å². The van der Waals surface area contributed by atoms with Crippen molar-refractivity contribution in [2.24, 2.45) is 0 Å². The summed E-state index contributed by atoms with van der Waals surface area (Å²) in [6, 6.07) is 0. The summed E-state index contributed by atoms with van der Waals surface area (Å²) in [6.07, 6.45) is 2.19. The summed E-state index contributed by atoms with van der Waals surface area (Å²) in [5.41, 5.74) is 0. The van der Waals surface area contributed by atoms with E-state index in [1.54, 1.807) is 0 Å². The van der Waals surface area contributed by atoms with Crippen LogP contribution in [0.3, 0.4) is 0 Å². The van der Waals surface area contributed by atoms with Crippen molar-refractivity contribution in [1.82, 2.24) is 0 Å². The molecule has 0 aromatic heterocycles. The number of aldehydes is 2. The molecule has 12 heavy (non-hydrogen) atoms. The van der Waals surface area contributed by atoms with Crippen molar-refractivity contribution in [2.75, 3.05) is 26.4 Å². The molecule has 0 N–H and O–H groups in total. The molecule has 1 heterocycles. The highest BCUT2D eigenvalue weighted by Gasteiger charge is 1.94. The van der Waals surface area contributed by atoms with Gasteiger partial charge in [-0.25, -0.2) is 0 Å². The zero-order valence-electron chi connectivity index (χ0n) is 7.03. The van der Waals surface area contributed by atoms with Crippen LogP contribution < -0.4 is 0 Å². The maximum atomic E-state index is 9.40. The van der Waals surface area contributed by atoms with E-state index in [1.165, 1.54) is 0 Å². The largest absolute Gasteiger partial charge is 0.377 e. The minimum Gasteiger partial charge on any atom is -0.377 e. The Morgan fingerprint density at radius 1 is 0.833 bits per heavy atom. The number of carbonyl (C=O) groups excluding carboxylic acids is 2. The highest BCUT2D eigenvalue weighted by molar-refractivity contribution is 5.58. The molecule has 1 fully saturated rings. The van der Waals surface area contributed by atoms with Gasteiger partial charge in [-0.3, -0.25) is 0 Å². The Morgan fingerprint density at radius 2 is 1.17 bits per heavy atom. The smallest absolute Gasteiger partial charge is 0.120 e. The third kappa shape index (κ3) is 9.26. The lowest BCUT2D eigenvalue weighted by molar-refractivity contribution is -0.112. The Bertz CT molecular complexity index is 90.1. The fourth-order valence-electron chi connectivity index (χ4n) is 0.576. The molecule has 0 aliphatic carbocycles. The van der Waals surface area contributed by atoms with Gasteiger partial charge in [0.15, 0.2) is 0 Å². The normalized spacial score (nSPS) is 15.7. The predicted molar refractivity (Wildman–Crippen MR) is 43.0 cm³/mol. The molecule has 4 nitrogen and oxygen atoms in total. The molecule has 0 spiro atoms. The molecule has 0 aromatic carbocycles. The maximum absolute atomic E-state index is 9.40. The molecule has 1 aliphatic heterocycles. The lowest BCUT2D eigenvalue weighted by Crippen LogP contribution is -2.16. The van der Waals surface area contributed by atoms with Crippen LogP contribution in [0.15, 0.2) is 0 Å². The first kappa shape index (κ1) is 11.3. The minimum absolute atomic E-state index is 0.365. The van der Waals surface area contributed by atoms with Crippen LogP contribution in [0.1, 0.15) is 12.8 Å². The zero-order chi connectivity index (χ0) is 9.07. The van der Waals surface area contributed by atoms with Gasteiger partial charge in [-0.15, -0.1) is 0 Å². The van der Waals surface area contributed by atoms with E-state index >= 15 is 0 Å². The number of ether oxygens (including phenoxy) is 2. The topological polar surface area (TPSA) is 52.6 Å². The van der Waals surface area contributed by atoms with Crippen LogP contribution in [0.4, 0.5) is 0 Å². The summed E-state index contributed by atoms with van der Waals surface area (Å²) in [6.45, 7) is 3.11. The average molecular weight is 174 g/mol. The SMILES string of the molecule is C1COCCO1.O=CCCC=O. The highest BCUT2D eigenvalue weighted by atomic mass is 16.6. The average Bonchev–Trinajstić information content (AvgIpc) is 2.18. The summed E-state index contributed by atoms with van der Waals surface area (Å²) in [7, 11) is 0. The van der Waals surface area contributed by atoms with Crippen LogP contribution in [-0.4, -0.2) is 39.0 Å². The Balaban J connectivity index is 0.000000202. The van der Waals surface area contributed by atoms with E-state index in [1.807, 2.05) is 0 Å². The number of hydrogen-bond acceptors (Lipinski definition) is 4. The molecule has 1 aliphatic rings. The first-order valence-corrected chi connectivity index (χ1v) is 3.94. The van der Waals surface area contributed by atoms with Crippen molar-refractivity contribution in [1.29, 1.82) is 0 Å². The number of carbonyl (C=O) groups is 2. The van der Waals surface area contributed by atoms with E-state index in [2.05, 4.69) is 0 Å². The Labute approximate surface area is 71.8 Å². The van der Waals surface area contributed by atoms with E-state index < -0.39 is 0 Å². The van der Waals surface area contributed by atoms with Gasteiger partial charge >= 0.3 is 0 Å². The van der Waals surface area contributed by atoms with E-state index in [-0.39, 0.29) is 0 Å². The van der Waals surface area contributed by atoms with Gasteiger partial charge in [-0.1, -0.05) is 0 Å². The molecule has 0 aromatic rings. The summed E-state index contributed by atoms with van der Waals surface area (Å²) in [5, 5.41) is 0. The van der Waals surface area contributed by atoms with Crippen molar-refractivity contribution >= 4 is 12.6 Å². The van der Waals surface area contributed by atoms with Crippen LogP contribution in [0.2, 0.25) is 0 Å². The van der Waals surface area contributed by atoms with Crippen LogP contribution in [-0.2, 0) is 19.1 Å². The molecule has 0 amide bonds. The number of unbranched alkanes of at least 4 members (excludes halogenated alkanes) is 1. The molecular formula is C8H14O4. The third-order valence-corrected chi connectivity index (χ3v) is 1.15. The number of hydrogen-bond donors (Lipinski definition) is 0. The first-order chi connectivity index (χ1) is 5.91. The Hall–Kier alpha value is -0.740. The predicted octanol–water partition coefficient (Wildman–Crippen LogP) is 0.198. The third-order valence-electron chi connectivity index (χ3n) is 1.15. The second-order valence-corrected chi connectivity index (χ2v) is 2.14. The van der Waals surface area contributed by atoms with Crippen molar-refractivity contribution in [3.05, 3.63) is 0 Å². The highest BCUT2D eigenvalue weighted by Crippen LogP contribution is 1.85. The van der Waals surface area contributed by atoms with E-state index in [0.717, 1.165) is 39.0 Å². The minimum atomic E-state index is 0.365. The summed E-state index contributed by atoms with van der Waals surface area (Å²) < 4.78 is 9.89. The summed E-state index contributed by atoms with van der Waals surface area (Å²) in [4.78, 5) is 18.8. The summed E-state index contributed by atoms with van der Waals surface area (Å²) >= 11 is 0. The molecule has 4 heteroatoms. The van der Waals surface area contributed by atoms with Crippen molar-refractivity contribution in [3.8, 4) is 0 Å². The van der Waals surface area contributed by atoms with Gasteiger partial charge in [0.25, 0.3) is 0 Å². The lowest BCUT2D eigenvalue weighted by Gasteiger charge is -2.09. The molecule has 0 bridgehead atoms. The van der Waals surface area contributed by atoms with E-state index in [0.29, 0.717) is 12.8 Å². The van der Waals surface area contributed by atoms with Crippen LogP contribution in [0.5, 0.6) is 0 Å². The van der Waals surface area contributed by atoms with Crippen LogP contribution in [0.25, 0.3) is 0 Å². The Kier molecular flexibility index (Phi) is 9.63. The van der Waals surface area contributed by atoms with Crippen molar-refractivity contribution in [2.45, 2.75) is 12.8 Å². The van der Waals surface area contributed by atoms with E-state index in [4.69, 9.17) is 9.47 Å². The molecule has 0 atom stereocenters. The van der Waals surface area contributed by atoms with Crippen LogP contribution >= 0.6 is 0 Å². The maximum Gasteiger partial charge on any atom is 0.120 e. The van der Waals surface area contributed by atoms with Gasteiger partial charge < -0.3 is 19.1 Å². The first-order valence-electron chi connectivity index (χ1n) is 3.94. The second-order valence-electron chi connectivity index (χ2n) is 2.14. The van der Waals surface area contributed by atoms with E-state index in [9.17, 15) is 9.59 Å². The van der Waals surface area contributed by atoms with Gasteiger partial charge in [-0.2, -0.15) is 0 Å². The molecule has 70 valence electrons. The number of rotatable bonds is 3. The molecular weight excluding hydrogens is 160 g/mol. The van der Waals surface area contributed by atoms with Gasteiger partial charge in [0.1, 0.15) is 12.6 Å². The summed E-state index contributed by atoms with van der Waals surface area (Å²) in [5.74, 6) is 0. The lowest BCUT2D eigenvalue weighted by atomic mass is 10.4. The monoisotopic (exact) mass is 174 g/mol. The quantitative estimate of drug-likeness (QED) is 0.453. The van der Waals surface area contributed by atoms with Crippen molar-refractivity contribution in [3.63, 3.8) is 0 Å². The van der Waals surface area contributed by atoms with Crippen molar-refractivity contribution < 1.29 is 19.1 Å². The molecule has 1 rings (SSSR count). The second kappa shape index (κ2) is 10.3. The molecule has 0 radical (unpaired) electrons. The zero-order valence-corrected chi connectivity index (χ0v) is 7.03. The molecule has 1 saturated heterocycles.